The number of hydrogen-bond donors (Lipinski definition) is 1. The Balaban J connectivity index is 1.39. The largest absolute Gasteiger partial charge is 0.490 e. The number of hydrogen-bond acceptors (Lipinski definition) is 3. The third-order valence-electron chi connectivity index (χ3n) is 4.56. The van der Waals surface area contributed by atoms with Crippen LogP contribution in [0.3, 0.4) is 0 Å². The zero-order chi connectivity index (χ0) is 19.2. The first-order chi connectivity index (χ1) is 13.0. The molecule has 0 radical (unpaired) electrons. The van der Waals surface area contributed by atoms with Crippen molar-refractivity contribution in [1.29, 1.82) is 0 Å². The van der Waals surface area contributed by atoms with E-state index < -0.39 is 0 Å². The van der Waals surface area contributed by atoms with Gasteiger partial charge in [0.05, 0.1) is 20.6 Å². The minimum absolute atomic E-state index is 0.140. The van der Waals surface area contributed by atoms with E-state index in [1.54, 1.807) is 30.3 Å². The van der Waals surface area contributed by atoms with Gasteiger partial charge in [0.25, 0.3) is 5.91 Å². The molecule has 7 heteroatoms. The van der Waals surface area contributed by atoms with E-state index in [0.717, 1.165) is 38.2 Å². The van der Waals surface area contributed by atoms with E-state index >= 15 is 0 Å². The topological polar surface area (TPSA) is 41.6 Å². The molecular formula is C20H21Cl3N2O2. The molecule has 1 heterocycles. The molecule has 1 aliphatic heterocycles. The van der Waals surface area contributed by atoms with E-state index in [4.69, 9.17) is 39.5 Å². The highest BCUT2D eigenvalue weighted by molar-refractivity contribution is 6.42. The van der Waals surface area contributed by atoms with E-state index in [9.17, 15) is 4.79 Å². The van der Waals surface area contributed by atoms with Crippen LogP contribution in [0.4, 0.5) is 0 Å². The molecule has 1 aliphatic rings. The Kier molecular flexibility index (Phi) is 7.25. The molecule has 144 valence electrons. The van der Waals surface area contributed by atoms with Gasteiger partial charge in [-0.05, 0) is 37.1 Å². The third kappa shape index (κ3) is 5.76. The van der Waals surface area contributed by atoms with E-state index in [1.807, 2.05) is 12.1 Å². The highest BCUT2D eigenvalue weighted by Crippen LogP contribution is 2.28. The molecule has 0 unspecified atom stereocenters. The van der Waals surface area contributed by atoms with Crippen LogP contribution in [0.25, 0.3) is 0 Å². The summed E-state index contributed by atoms with van der Waals surface area (Å²) in [5.41, 5.74) is 0.507. The summed E-state index contributed by atoms with van der Waals surface area (Å²) in [6.07, 6.45) is 2.02. The van der Waals surface area contributed by atoms with Gasteiger partial charge in [-0.25, -0.2) is 0 Å². The maximum Gasteiger partial charge on any atom is 0.252 e. The minimum Gasteiger partial charge on any atom is -0.490 e. The van der Waals surface area contributed by atoms with Gasteiger partial charge in [0.2, 0.25) is 0 Å². The summed E-state index contributed by atoms with van der Waals surface area (Å²) < 4.78 is 6.00. The molecule has 3 rings (SSSR count). The second-order valence-corrected chi connectivity index (χ2v) is 7.69. The number of nitrogens with one attached hydrogen (secondary N) is 1. The zero-order valence-corrected chi connectivity index (χ0v) is 17.0. The number of ether oxygens (including phenoxy) is 1. The Morgan fingerprint density at radius 2 is 1.78 bits per heavy atom. The summed E-state index contributed by atoms with van der Waals surface area (Å²) in [4.78, 5) is 14.5. The summed E-state index contributed by atoms with van der Waals surface area (Å²) in [6.45, 7) is 3.24. The van der Waals surface area contributed by atoms with Gasteiger partial charge in [-0.2, -0.15) is 0 Å². The number of carbonyl (C=O) groups is 1. The van der Waals surface area contributed by atoms with Crippen molar-refractivity contribution >= 4 is 40.7 Å². The number of halogens is 3. The monoisotopic (exact) mass is 426 g/mol. The van der Waals surface area contributed by atoms with Gasteiger partial charge in [-0.1, -0.05) is 46.9 Å². The van der Waals surface area contributed by atoms with Gasteiger partial charge in [-0.3, -0.25) is 4.79 Å². The van der Waals surface area contributed by atoms with E-state index in [0.29, 0.717) is 27.2 Å². The van der Waals surface area contributed by atoms with Crippen LogP contribution in [0.5, 0.6) is 5.75 Å². The molecule has 0 aromatic heterocycles. The van der Waals surface area contributed by atoms with Crippen LogP contribution in [0, 0.1) is 0 Å². The quantitative estimate of drug-likeness (QED) is 0.711. The van der Waals surface area contributed by atoms with Crippen LogP contribution in [0.15, 0.2) is 42.5 Å². The molecule has 2 aromatic carbocycles. The predicted molar refractivity (Wildman–Crippen MR) is 110 cm³/mol. The lowest BCUT2D eigenvalue weighted by atomic mass is 10.1. The first-order valence-electron chi connectivity index (χ1n) is 8.90. The molecule has 1 fully saturated rings. The van der Waals surface area contributed by atoms with Gasteiger partial charge in [-0.15, -0.1) is 0 Å². The smallest absolute Gasteiger partial charge is 0.252 e. The standard InChI is InChI=1S/C20H21Cl3N2O2/c21-17-4-2-1-3-16(17)20(26)24-9-12-25-10-7-14(8-11-25)27-15-5-6-18(22)19(23)13-15/h1-6,13-14H,7-12H2,(H,24,26). The van der Waals surface area contributed by atoms with Crippen molar-refractivity contribution in [3.8, 4) is 5.75 Å². The average molecular weight is 428 g/mol. The summed E-state index contributed by atoms with van der Waals surface area (Å²) >= 11 is 18.0. The van der Waals surface area contributed by atoms with Crippen molar-refractivity contribution in [2.75, 3.05) is 26.2 Å². The first kappa shape index (κ1) is 20.3. The van der Waals surface area contributed by atoms with Gasteiger partial charge >= 0.3 is 0 Å². The van der Waals surface area contributed by atoms with Crippen molar-refractivity contribution in [2.24, 2.45) is 0 Å². The van der Waals surface area contributed by atoms with E-state index in [2.05, 4.69) is 10.2 Å². The number of amides is 1. The van der Waals surface area contributed by atoms with Crippen LogP contribution in [-0.2, 0) is 0 Å². The molecule has 0 saturated carbocycles. The molecule has 0 spiro atoms. The summed E-state index contributed by atoms with van der Waals surface area (Å²) in [7, 11) is 0. The van der Waals surface area contributed by atoms with Gasteiger partial charge in [0.15, 0.2) is 0 Å². The summed E-state index contributed by atoms with van der Waals surface area (Å²) in [6, 6.07) is 12.4. The number of carbonyl (C=O) groups excluding carboxylic acids is 1. The molecule has 2 aromatic rings. The lowest BCUT2D eigenvalue weighted by molar-refractivity contribution is 0.0905. The second-order valence-electron chi connectivity index (χ2n) is 6.47. The van der Waals surface area contributed by atoms with Crippen LogP contribution in [0.2, 0.25) is 15.1 Å². The van der Waals surface area contributed by atoms with Crippen LogP contribution in [0.1, 0.15) is 23.2 Å². The molecule has 1 N–H and O–H groups in total. The first-order valence-corrected chi connectivity index (χ1v) is 10.0. The fraction of sp³-hybridized carbons (Fsp3) is 0.350. The second kappa shape index (κ2) is 9.65. The molecule has 1 amide bonds. The SMILES string of the molecule is O=C(NCCN1CCC(Oc2ccc(Cl)c(Cl)c2)CC1)c1ccccc1Cl. The molecule has 4 nitrogen and oxygen atoms in total. The fourth-order valence-electron chi connectivity index (χ4n) is 3.06. The number of rotatable bonds is 6. The Labute approximate surface area is 174 Å². The Bertz CT molecular complexity index is 793. The lowest BCUT2D eigenvalue weighted by Crippen LogP contribution is -2.42. The normalized spacial score (nSPS) is 15.5. The highest BCUT2D eigenvalue weighted by Gasteiger charge is 2.20. The number of likely N-dealkylation sites (tertiary alicyclic amines) is 1. The van der Waals surface area contributed by atoms with Crippen molar-refractivity contribution in [3.05, 3.63) is 63.1 Å². The molecule has 0 aliphatic carbocycles. The van der Waals surface area contributed by atoms with E-state index in [1.165, 1.54) is 0 Å². The number of nitrogens with zero attached hydrogens (tertiary/aromatic N) is 1. The van der Waals surface area contributed by atoms with Gasteiger partial charge < -0.3 is 15.0 Å². The molecule has 0 atom stereocenters. The highest BCUT2D eigenvalue weighted by atomic mass is 35.5. The lowest BCUT2D eigenvalue weighted by Gasteiger charge is -2.32. The number of benzene rings is 2. The molecule has 27 heavy (non-hydrogen) atoms. The van der Waals surface area contributed by atoms with Crippen LogP contribution < -0.4 is 10.1 Å². The van der Waals surface area contributed by atoms with Gasteiger partial charge in [0.1, 0.15) is 11.9 Å². The zero-order valence-electron chi connectivity index (χ0n) is 14.8. The van der Waals surface area contributed by atoms with Crippen molar-refractivity contribution in [2.45, 2.75) is 18.9 Å². The van der Waals surface area contributed by atoms with Gasteiger partial charge in [0, 0.05) is 32.2 Å². The average Bonchev–Trinajstić information content (AvgIpc) is 2.66. The Hall–Kier alpha value is -1.46. The number of piperidine rings is 1. The van der Waals surface area contributed by atoms with E-state index in [-0.39, 0.29) is 12.0 Å². The Morgan fingerprint density at radius 3 is 2.48 bits per heavy atom. The molecule has 0 bridgehead atoms. The molecule has 1 saturated heterocycles. The van der Waals surface area contributed by atoms with Crippen molar-refractivity contribution < 1.29 is 9.53 Å². The van der Waals surface area contributed by atoms with Crippen LogP contribution >= 0.6 is 34.8 Å². The Morgan fingerprint density at radius 1 is 1.04 bits per heavy atom. The predicted octanol–water partition coefficient (Wildman–Crippen LogP) is 4.92. The summed E-state index contributed by atoms with van der Waals surface area (Å²) in [5.74, 6) is 0.605. The fourth-order valence-corrected chi connectivity index (χ4v) is 3.57. The summed E-state index contributed by atoms with van der Waals surface area (Å²) in [5, 5.41) is 4.42. The van der Waals surface area contributed by atoms with Crippen molar-refractivity contribution in [3.63, 3.8) is 0 Å². The third-order valence-corrected chi connectivity index (χ3v) is 5.63. The van der Waals surface area contributed by atoms with Crippen molar-refractivity contribution in [1.82, 2.24) is 10.2 Å². The van der Waals surface area contributed by atoms with Crippen LogP contribution in [-0.4, -0.2) is 43.1 Å². The maximum absolute atomic E-state index is 12.2. The maximum atomic E-state index is 12.2. The minimum atomic E-state index is -0.140. The molecular weight excluding hydrogens is 407 g/mol.